The van der Waals surface area contributed by atoms with Crippen LogP contribution in [0.1, 0.15) is 0 Å². The highest BCUT2D eigenvalue weighted by molar-refractivity contribution is 7.16. The highest BCUT2D eigenvalue weighted by atomic mass is 32.1. The molecule has 6 rings (SSSR count). The van der Waals surface area contributed by atoms with Crippen LogP contribution in [0, 0.1) is 0 Å². The van der Waals surface area contributed by atoms with Crippen LogP contribution in [0.3, 0.4) is 0 Å². The Bertz CT molecular complexity index is 1470. The molecule has 0 spiro atoms. The Morgan fingerprint density at radius 3 is 2.88 bits per heavy atom. The molecule has 2 aromatic carbocycles. The van der Waals surface area contributed by atoms with Crippen LogP contribution >= 0.6 is 11.3 Å². The number of rotatable bonds is 5. The molecule has 5 aromatic rings. The zero-order valence-electron chi connectivity index (χ0n) is 17.7. The molecule has 2 unspecified atom stereocenters. The molecule has 1 aliphatic heterocycles. The van der Waals surface area contributed by atoms with Gasteiger partial charge in [-0.25, -0.2) is 15.0 Å². The van der Waals surface area contributed by atoms with Gasteiger partial charge in [-0.15, -0.1) is 11.3 Å². The van der Waals surface area contributed by atoms with Gasteiger partial charge in [0.25, 0.3) is 0 Å². The van der Waals surface area contributed by atoms with Crippen LogP contribution in [-0.4, -0.2) is 55.3 Å². The number of aliphatic hydroxyl groups excluding tert-OH is 1. The lowest BCUT2D eigenvalue weighted by Crippen LogP contribution is -2.29. The van der Waals surface area contributed by atoms with E-state index in [2.05, 4.69) is 25.4 Å². The lowest BCUT2D eigenvalue weighted by molar-refractivity contribution is 0.0743. The quantitative estimate of drug-likeness (QED) is 0.410. The molecular weight excluding hydrogens is 440 g/mol. The largest absolute Gasteiger partial charge is 0.484 e. The minimum Gasteiger partial charge on any atom is -0.484 e. The number of aliphatic hydroxyl groups is 1. The van der Waals surface area contributed by atoms with Crippen LogP contribution in [0.5, 0.6) is 5.75 Å². The van der Waals surface area contributed by atoms with Crippen molar-refractivity contribution in [2.75, 3.05) is 18.5 Å². The van der Waals surface area contributed by atoms with Crippen molar-refractivity contribution in [3.63, 3.8) is 0 Å². The lowest BCUT2D eigenvalue weighted by atomic mass is 10.1. The van der Waals surface area contributed by atoms with E-state index >= 15 is 0 Å². The topological polar surface area (TPSA) is 107 Å². The molecule has 1 fully saturated rings. The van der Waals surface area contributed by atoms with Crippen molar-refractivity contribution in [2.24, 2.45) is 7.05 Å². The summed E-state index contributed by atoms with van der Waals surface area (Å²) in [5, 5.41) is 18.7. The van der Waals surface area contributed by atoms with Gasteiger partial charge in [0.2, 0.25) is 0 Å². The molecule has 33 heavy (non-hydrogen) atoms. The van der Waals surface area contributed by atoms with Gasteiger partial charge in [-0.1, -0.05) is 0 Å². The third kappa shape index (κ3) is 3.78. The first-order valence-corrected chi connectivity index (χ1v) is 11.3. The van der Waals surface area contributed by atoms with Crippen molar-refractivity contribution in [3.05, 3.63) is 54.6 Å². The Morgan fingerprint density at radius 1 is 1.12 bits per heavy atom. The van der Waals surface area contributed by atoms with E-state index in [0.717, 1.165) is 37.9 Å². The standard InChI is InChI=1S/C23H20N6O3S/c1-29-8-14(7-27-29)13-4-17-22(19(5-13)32-20-10-31-9-18(20)30)23(25-11-24-17)28-15-2-3-16-21(6-15)33-12-26-16/h2-8,11-12,18,20,30H,9-10H2,1H3,(H,24,25,28). The number of hydrogen-bond acceptors (Lipinski definition) is 9. The van der Waals surface area contributed by atoms with Crippen LogP contribution in [0.4, 0.5) is 11.5 Å². The maximum Gasteiger partial charge on any atom is 0.150 e. The molecule has 9 nitrogen and oxygen atoms in total. The van der Waals surface area contributed by atoms with Crippen LogP contribution < -0.4 is 10.1 Å². The summed E-state index contributed by atoms with van der Waals surface area (Å²) in [4.78, 5) is 13.4. The molecule has 4 heterocycles. The molecule has 0 radical (unpaired) electrons. The molecule has 166 valence electrons. The number of anilines is 2. The summed E-state index contributed by atoms with van der Waals surface area (Å²) in [6.07, 6.45) is 4.09. The number of fused-ring (bicyclic) bond motifs is 2. The molecule has 10 heteroatoms. The Labute approximate surface area is 192 Å². The number of ether oxygens (including phenoxy) is 2. The zero-order valence-corrected chi connectivity index (χ0v) is 18.5. The van der Waals surface area contributed by atoms with E-state index in [9.17, 15) is 5.11 Å². The van der Waals surface area contributed by atoms with E-state index in [-0.39, 0.29) is 6.61 Å². The minimum atomic E-state index is -0.697. The van der Waals surface area contributed by atoms with E-state index in [0.29, 0.717) is 18.2 Å². The van der Waals surface area contributed by atoms with Gasteiger partial charge < -0.3 is 19.9 Å². The average Bonchev–Trinajstić information content (AvgIpc) is 3.55. The third-order valence-electron chi connectivity index (χ3n) is 5.61. The molecule has 0 amide bonds. The number of nitrogens with one attached hydrogen (secondary N) is 1. The van der Waals surface area contributed by atoms with Crippen LogP contribution in [-0.2, 0) is 11.8 Å². The smallest absolute Gasteiger partial charge is 0.150 e. The SMILES string of the molecule is Cn1cc(-c2cc(OC3COCC3O)c3c(Nc4ccc5ncsc5c4)ncnc3c2)cn1. The first kappa shape index (κ1) is 20.0. The summed E-state index contributed by atoms with van der Waals surface area (Å²) < 4.78 is 14.5. The second-order valence-electron chi connectivity index (χ2n) is 7.91. The monoisotopic (exact) mass is 460 g/mol. The normalized spacial score (nSPS) is 18.2. The van der Waals surface area contributed by atoms with E-state index in [1.165, 1.54) is 6.33 Å². The number of hydrogen-bond donors (Lipinski definition) is 2. The molecule has 3 aromatic heterocycles. The van der Waals surface area contributed by atoms with E-state index < -0.39 is 12.2 Å². The van der Waals surface area contributed by atoms with Gasteiger partial charge in [0.1, 0.15) is 30.1 Å². The van der Waals surface area contributed by atoms with Gasteiger partial charge in [0.15, 0.2) is 0 Å². The highest BCUT2D eigenvalue weighted by Gasteiger charge is 2.29. The molecule has 0 saturated carbocycles. The van der Waals surface area contributed by atoms with Gasteiger partial charge in [0, 0.05) is 24.5 Å². The predicted octanol–water partition coefficient (Wildman–Crippen LogP) is 3.52. The van der Waals surface area contributed by atoms with Gasteiger partial charge in [-0.05, 0) is 35.9 Å². The maximum absolute atomic E-state index is 10.3. The fourth-order valence-corrected chi connectivity index (χ4v) is 4.66. The van der Waals surface area contributed by atoms with E-state index in [1.807, 2.05) is 49.1 Å². The van der Waals surface area contributed by atoms with Crippen molar-refractivity contribution >= 4 is 44.0 Å². The molecule has 1 aliphatic rings. The summed E-state index contributed by atoms with van der Waals surface area (Å²) in [6, 6.07) is 9.90. The van der Waals surface area contributed by atoms with E-state index in [4.69, 9.17) is 9.47 Å². The van der Waals surface area contributed by atoms with Gasteiger partial charge >= 0.3 is 0 Å². The summed E-state index contributed by atoms with van der Waals surface area (Å²) in [7, 11) is 1.87. The second-order valence-corrected chi connectivity index (χ2v) is 8.80. The van der Waals surface area contributed by atoms with Crippen LogP contribution in [0.2, 0.25) is 0 Å². The Morgan fingerprint density at radius 2 is 2.06 bits per heavy atom. The minimum absolute atomic E-state index is 0.251. The number of aryl methyl sites for hydroxylation is 1. The molecule has 0 aliphatic carbocycles. The fraction of sp³-hybridized carbons (Fsp3) is 0.217. The molecule has 2 atom stereocenters. The van der Waals surface area contributed by atoms with Gasteiger partial charge in [0.05, 0.1) is 46.0 Å². The summed E-state index contributed by atoms with van der Waals surface area (Å²) in [5.41, 5.74) is 6.24. The first-order valence-electron chi connectivity index (χ1n) is 10.4. The Hall–Kier alpha value is -3.60. The predicted molar refractivity (Wildman–Crippen MR) is 126 cm³/mol. The maximum atomic E-state index is 10.3. The van der Waals surface area contributed by atoms with Gasteiger partial charge in [-0.3, -0.25) is 4.68 Å². The van der Waals surface area contributed by atoms with Crippen molar-refractivity contribution in [1.29, 1.82) is 0 Å². The molecule has 2 N–H and O–H groups in total. The van der Waals surface area contributed by atoms with Crippen LogP contribution in [0.15, 0.2) is 54.6 Å². The first-order chi connectivity index (χ1) is 16.1. The molecular formula is C23H20N6O3S. The van der Waals surface area contributed by atoms with Crippen molar-refractivity contribution in [1.82, 2.24) is 24.7 Å². The number of thiazole rings is 1. The Balaban J connectivity index is 1.47. The van der Waals surface area contributed by atoms with Crippen molar-refractivity contribution in [2.45, 2.75) is 12.2 Å². The zero-order chi connectivity index (χ0) is 22.4. The highest BCUT2D eigenvalue weighted by Crippen LogP contribution is 2.37. The lowest BCUT2D eigenvalue weighted by Gasteiger charge is -2.19. The van der Waals surface area contributed by atoms with Crippen LogP contribution in [0.25, 0.3) is 32.2 Å². The average molecular weight is 461 g/mol. The second kappa shape index (κ2) is 8.07. The Kier molecular flexibility index (Phi) is 4.90. The van der Waals surface area contributed by atoms with Gasteiger partial charge in [-0.2, -0.15) is 5.10 Å². The molecule has 0 bridgehead atoms. The number of benzene rings is 2. The number of aromatic nitrogens is 5. The summed E-state index contributed by atoms with van der Waals surface area (Å²) >= 11 is 1.58. The summed E-state index contributed by atoms with van der Waals surface area (Å²) in [6.45, 7) is 0.569. The fourth-order valence-electron chi connectivity index (χ4n) is 3.95. The number of nitrogens with zero attached hydrogens (tertiary/aromatic N) is 5. The van der Waals surface area contributed by atoms with Crippen molar-refractivity contribution in [3.8, 4) is 16.9 Å². The molecule has 1 saturated heterocycles. The van der Waals surface area contributed by atoms with E-state index in [1.54, 1.807) is 22.2 Å². The van der Waals surface area contributed by atoms with Crippen molar-refractivity contribution < 1.29 is 14.6 Å². The third-order valence-corrected chi connectivity index (χ3v) is 6.40. The summed E-state index contributed by atoms with van der Waals surface area (Å²) in [5.74, 6) is 1.19.